The Hall–Kier alpha value is -3.42. The maximum absolute atomic E-state index is 13.4. The van der Waals surface area contributed by atoms with Crippen molar-refractivity contribution in [2.45, 2.75) is 19.9 Å². The first-order chi connectivity index (χ1) is 13.4. The Morgan fingerprint density at radius 3 is 2.57 bits per heavy atom. The van der Waals surface area contributed by atoms with Crippen molar-refractivity contribution in [3.8, 4) is 17.2 Å². The molecule has 0 saturated heterocycles. The molecule has 0 aliphatic carbocycles. The van der Waals surface area contributed by atoms with Crippen LogP contribution in [0.1, 0.15) is 34.6 Å². The Labute approximate surface area is 162 Å². The van der Waals surface area contributed by atoms with E-state index < -0.39 is 0 Å². The molecule has 8 heteroatoms. The molecule has 7 nitrogen and oxygen atoms in total. The van der Waals surface area contributed by atoms with Crippen molar-refractivity contribution in [1.29, 1.82) is 0 Å². The van der Waals surface area contributed by atoms with Crippen LogP contribution in [0, 0.1) is 12.7 Å². The Morgan fingerprint density at radius 2 is 1.89 bits per heavy atom. The van der Waals surface area contributed by atoms with Gasteiger partial charge in [0.25, 0.3) is 5.91 Å². The maximum Gasteiger partial charge on any atom is 0.273 e. The second-order valence-corrected chi connectivity index (χ2v) is 6.29. The predicted molar refractivity (Wildman–Crippen MR) is 101 cm³/mol. The third kappa shape index (κ3) is 3.95. The van der Waals surface area contributed by atoms with Gasteiger partial charge in [-0.2, -0.15) is 0 Å². The summed E-state index contributed by atoms with van der Waals surface area (Å²) in [6.07, 6.45) is 1.50. The summed E-state index contributed by atoms with van der Waals surface area (Å²) in [6.45, 7) is 3.51. The zero-order valence-corrected chi connectivity index (χ0v) is 16.1. The van der Waals surface area contributed by atoms with E-state index in [0.717, 1.165) is 5.56 Å². The first-order valence-corrected chi connectivity index (χ1v) is 8.64. The number of methoxy groups -OCH3 is 2. The first kappa shape index (κ1) is 19.3. The number of halogens is 1. The fraction of sp³-hybridized carbons (Fsp3) is 0.250. The van der Waals surface area contributed by atoms with Crippen LogP contribution >= 0.6 is 0 Å². The van der Waals surface area contributed by atoms with Gasteiger partial charge in [0.1, 0.15) is 5.82 Å². The molecule has 1 N–H and O–H groups in total. The first-order valence-electron chi connectivity index (χ1n) is 8.64. The molecule has 28 heavy (non-hydrogen) atoms. The van der Waals surface area contributed by atoms with Gasteiger partial charge in [0.15, 0.2) is 17.2 Å². The molecule has 0 spiro atoms. The van der Waals surface area contributed by atoms with Gasteiger partial charge in [-0.15, -0.1) is 5.10 Å². The second-order valence-electron chi connectivity index (χ2n) is 6.29. The van der Waals surface area contributed by atoms with Gasteiger partial charge >= 0.3 is 0 Å². The Bertz CT molecular complexity index is 1000. The summed E-state index contributed by atoms with van der Waals surface area (Å²) >= 11 is 0. The monoisotopic (exact) mass is 384 g/mol. The number of rotatable bonds is 6. The highest BCUT2D eigenvalue weighted by Gasteiger charge is 2.17. The van der Waals surface area contributed by atoms with Crippen LogP contribution in [-0.2, 0) is 0 Å². The fourth-order valence-electron chi connectivity index (χ4n) is 2.74. The fourth-order valence-corrected chi connectivity index (χ4v) is 2.74. The van der Waals surface area contributed by atoms with E-state index in [1.807, 2.05) is 19.1 Å². The van der Waals surface area contributed by atoms with Crippen LogP contribution < -0.4 is 14.8 Å². The van der Waals surface area contributed by atoms with Crippen LogP contribution in [0.3, 0.4) is 0 Å². The molecule has 0 radical (unpaired) electrons. The van der Waals surface area contributed by atoms with Crippen molar-refractivity contribution < 1.29 is 18.7 Å². The number of nitrogens with one attached hydrogen (secondary N) is 1. The van der Waals surface area contributed by atoms with Gasteiger partial charge in [-0.05, 0) is 55.3 Å². The van der Waals surface area contributed by atoms with Crippen molar-refractivity contribution in [3.05, 3.63) is 65.2 Å². The summed E-state index contributed by atoms with van der Waals surface area (Å²) in [5, 5.41) is 10.7. The molecular formula is C20H21FN4O3. The largest absolute Gasteiger partial charge is 0.493 e. The molecule has 3 aromatic rings. The highest BCUT2D eigenvalue weighted by molar-refractivity contribution is 5.92. The molecule has 3 rings (SSSR count). The highest BCUT2D eigenvalue weighted by Crippen LogP contribution is 2.29. The summed E-state index contributed by atoms with van der Waals surface area (Å²) in [5.74, 6) is 0.527. The minimum absolute atomic E-state index is 0.161. The molecule has 146 valence electrons. The van der Waals surface area contributed by atoms with Crippen molar-refractivity contribution in [3.63, 3.8) is 0 Å². The number of hydrogen-bond acceptors (Lipinski definition) is 5. The summed E-state index contributed by atoms with van der Waals surface area (Å²) in [7, 11) is 3.12. The lowest BCUT2D eigenvalue weighted by Gasteiger charge is -2.15. The van der Waals surface area contributed by atoms with Crippen LogP contribution in [0.2, 0.25) is 0 Å². The third-order valence-corrected chi connectivity index (χ3v) is 4.39. The Kier molecular flexibility index (Phi) is 5.58. The highest BCUT2D eigenvalue weighted by atomic mass is 19.1. The molecule has 0 fully saturated rings. The molecule has 1 heterocycles. The number of nitrogens with zero attached hydrogens (tertiary/aromatic N) is 3. The number of hydrogen-bond donors (Lipinski definition) is 1. The van der Waals surface area contributed by atoms with Gasteiger partial charge < -0.3 is 14.8 Å². The standard InChI is InChI=1S/C20H21FN4O3/c1-12-9-15(6-7-16(12)21)25-11-17(23-24-25)20(26)22-13(2)14-5-8-18(27-3)19(10-14)28-4/h5-11,13H,1-4H3,(H,22,26)/t13-/m1/s1. The number of benzene rings is 2. The minimum Gasteiger partial charge on any atom is -0.493 e. The summed E-state index contributed by atoms with van der Waals surface area (Å²) in [6, 6.07) is 9.72. The number of ether oxygens (including phenoxy) is 2. The molecule has 2 aromatic carbocycles. The van der Waals surface area contributed by atoms with E-state index in [1.165, 1.54) is 16.9 Å². The maximum atomic E-state index is 13.4. The lowest BCUT2D eigenvalue weighted by molar-refractivity contribution is 0.0934. The van der Waals surface area contributed by atoms with E-state index in [0.29, 0.717) is 22.7 Å². The lowest BCUT2D eigenvalue weighted by Crippen LogP contribution is -2.27. The van der Waals surface area contributed by atoms with Crippen molar-refractivity contribution >= 4 is 5.91 Å². The number of aromatic nitrogens is 3. The molecule has 1 atom stereocenters. The summed E-state index contributed by atoms with van der Waals surface area (Å²) in [4.78, 5) is 12.5. The average molecular weight is 384 g/mol. The molecule has 0 aliphatic rings. The van der Waals surface area contributed by atoms with Gasteiger partial charge in [-0.25, -0.2) is 9.07 Å². The molecule has 1 aromatic heterocycles. The van der Waals surface area contributed by atoms with Crippen molar-refractivity contribution in [2.75, 3.05) is 14.2 Å². The Balaban J connectivity index is 1.74. The van der Waals surface area contributed by atoms with Crippen LogP contribution in [0.25, 0.3) is 5.69 Å². The van der Waals surface area contributed by atoms with Crippen molar-refractivity contribution in [1.82, 2.24) is 20.3 Å². The minimum atomic E-state index is -0.368. The smallest absolute Gasteiger partial charge is 0.273 e. The quantitative estimate of drug-likeness (QED) is 0.706. The third-order valence-electron chi connectivity index (χ3n) is 4.39. The topological polar surface area (TPSA) is 78.3 Å². The van der Waals surface area contributed by atoms with E-state index >= 15 is 0 Å². The van der Waals surface area contributed by atoms with Crippen LogP contribution in [-0.4, -0.2) is 35.1 Å². The molecule has 1 amide bonds. The zero-order valence-electron chi connectivity index (χ0n) is 16.1. The summed E-state index contributed by atoms with van der Waals surface area (Å²) in [5.41, 5.74) is 2.13. The van der Waals surface area contributed by atoms with Gasteiger partial charge in [-0.1, -0.05) is 11.3 Å². The van der Waals surface area contributed by atoms with E-state index in [1.54, 1.807) is 39.3 Å². The van der Waals surface area contributed by atoms with E-state index in [2.05, 4.69) is 15.6 Å². The van der Waals surface area contributed by atoms with E-state index in [4.69, 9.17) is 9.47 Å². The second kappa shape index (κ2) is 8.08. The van der Waals surface area contributed by atoms with Gasteiger partial charge in [0.2, 0.25) is 0 Å². The van der Waals surface area contributed by atoms with Gasteiger partial charge in [0.05, 0.1) is 32.1 Å². The number of aryl methyl sites for hydroxylation is 1. The lowest BCUT2D eigenvalue weighted by atomic mass is 10.1. The predicted octanol–water partition coefficient (Wildman–Crippen LogP) is 3.22. The Morgan fingerprint density at radius 1 is 1.14 bits per heavy atom. The van der Waals surface area contributed by atoms with Gasteiger partial charge in [-0.3, -0.25) is 4.79 Å². The molecule has 0 bridgehead atoms. The normalized spacial score (nSPS) is 11.8. The number of carbonyl (C=O) groups is 1. The molecule has 0 aliphatic heterocycles. The average Bonchev–Trinajstić information content (AvgIpc) is 3.19. The molecule has 0 saturated carbocycles. The van der Waals surface area contributed by atoms with Crippen molar-refractivity contribution in [2.24, 2.45) is 0 Å². The van der Waals surface area contributed by atoms with Gasteiger partial charge in [0, 0.05) is 0 Å². The number of amides is 1. The van der Waals surface area contributed by atoms with E-state index in [-0.39, 0.29) is 23.5 Å². The SMILES string of the molecule is COc1ccc([C@@H](C)NC(=O)c2cn(-c3ccc(F)c(C)c3)nn2)cc1OC. The molecule has 0 unspecified atom stereocenters. The molecular weight excluding hydrogens is 363 g/mol. The summed E-state index contributed by atoms with van der Waals surface area (Å²) < 4.78 is 25.4. The number of carbonyl (C=O) groups excluding carboxylic acids is 1. The zero-order chi connectivity index (χ0) is 20.3. The van der Waals surface area contributed by atoms with E-state index in [9.17, 15) is 9.18 Å². The van der Waals surface area contributed by atoms with Crippen LogP contribution in [0.5, 0.6) is 11.5 Å². The van der Waals surface area contributed by atoms with Crippen LogP contribution in [0.4, 0.5) is 4.39 Å². The van der Waals surface area contributed by atoms with Crippen LogP contribution in [0.15, 0.2) is 42.6 Å².